The van der Waals surface area contributed by atoms with E-state index in [1.807, 2.05) is 29.3 Å². The van der Waals surface area contributed by atoms with Crippen molar-refractivity contribution in [1.29, 1.82) is 0 Å². The van der Waals surface area contributed by atoms with Crippen LogP contribution in [0.2, 0.25) is 0 Å². The highest BCUT2D eigenvalue weighted by Crippen LogP contribution is 2.34. The maximum Gasteiger partial charge on any atom is 0.219 e. The molecule has 1 amide bonds. The Morgan fingerprint density at radius 1 is 1.17 bits per heavy atom. The van der Waals surface area contributed by atoms with Gasteiger partial charge < -0.3 is 9.64 Å². The summed E-state index contributed by atoms with van der Waals surface area (Å²) in [5.41, 5.74) is 3.47. The van der Waals surface area contributed by atoms with Crippen LogP contribution in [0.3, 0.4) is 0 Å². The second-order valence-corrected chi connectivity index (χ2v) is 5.95. The summed E-state index contributed by atoms with van der Waals surface area (Å²) >= 11 is 0. The lowest BCUT2D eigenvalue weighted by atomic mass is 9.88. The normalized spacial score (nSPS) is 15.5. The summed E-state index contributed by atoms with van der Waals surface area (Å²) in [5.74, 6) is 1.43. The number of nitrogens with zero attached hydrogens (tertiary/aromatic N) is 2. The molecule has 1 aromatic carbocycles. The molecule has 2 aromatic rings. The summed E-state index contributed by atoms with van der Waals surface area (Å²) in [6.45, 7) is 3.28. The maximum atomic E-state index is 11.5. The van der Waals surface area contributed by atoms with Crippen LogP contribution in [0.15, 0.2) is 42.6 Å². The molecule has 0 atom stereocenters. The monoisotopic (exact) mass is 310 g/mol. The van der Waals surface area contributed by atoms with Gasteiger partial charge in [0.2, 0.25) is 5.91 Å². The van der Waals surface area contributed by atoms with Gasteiger partial charge in [0.05, 0.1) is 12.8 Å². The topological polar surface area (TPSA) is 42.4 Å². The number of aromatic nitrogens is 1. The Hall–Kier alpha value is -2.36. The van der Waals surface area contributed by atoms with Gasteiger partial charge in [-0.2, -0.15) is 0 Å². The largest absolute Gasteiger partial charge is 0.497 e. The van der Waals surface area contributed by atoms with Gasteiger partial charge >= 0.3 is 0 Å². The van der Waals surface area contributed by atoms with E-state index in [1.165, 1.54) is 5.56 Å². The third-order valence-electron chi connectivity index (χ3n) is 4.57. The molecule has 0 spiro atoms. The second-order valence-electron chi connectivity index (χ2n) is 5.95. The fourth-order valence-corrected chi connectivity index (χ4v) is 3.23. The summed E-state index contributed by atoms with van der Waals surface area (Å²) in [5, 5.41) is 0. The van der Waals surface area contributed by atoms with E-state index in [1.54, 1.807) is 14.0 Å². The summed E-state index contributed by atoms with van der Waals surface area (Å²) < 4.78 is 5.23. The van der Waals surface area contributed by atoms with Gasteiger partial charge in [-0.1, -0.05) is 18.2 Å². The van der Waals surface area contributed by atoms with Gasteiger partial charge in [0, 0.05) is 37.7 Å². The first-order chi connectivity index (χ1) is 11.2. The van der Waals surface area contributed by atoms with Gasteiger partial charge in [0.25, 0.3) is 0 Å². The van der Waals surface area contributed by atoms with E-state index in [0.29, 0.717) is 5.92 Å². The number of carbonyl (C=O) groups is 1. The van der Waals surface area contributed by atoms with Gasteiger partial charge in [0.1, 0.15) is 5.75 Å². The predicted molar refractivity (Wildman–Crippen MR) is 90.5 cm³/mol. The Morgan fingerprint density at radius 3 is 2.48 bits per heavy atom. The smallest absolute Gasteiger partial charge is 0.219 e. The average molecular weight is 310 g/mol. The molecule has 3 rings (SSSR count). The quantitative estimate of drug-likeness (QED) is 0.871. The number of carbonyl (C=O) groups excluding carboxylic acids is 1. The first-order valence-corrected chi connectivity index (χ1v) is 8.04. The van der Waals surface area contributed by atoms with E-state index in [9.17, 15) is 4.79 Å². The lowest BCUT2D eigenvalue weighted by Crippen LogP contribution is -2.36. The molecule has 0 radical (unpaired) electrons. The van der Waals surface area contributed by atoms with Gasteiger partial charge in [-0.3, -0.25) is 9.78 Å². The van der Waals surface area contributed by atoms with Gasteiger partial charge in [0.15, 0.2) is 0 Å². The number of methoxy groups -OCH3 is 1. The molecule has 2 heterocycles. The van der Waals surface area contributed by atoms with Crippen molar-refractivity contribution in [2.45, 2.75) is 25.7 Å². The molecule has 0 aliphatic carbocycles. The second kappa shape index (κ2) is 6.82. The van der Waals surface area contributed by atoms with Crippen LogP contribution in [0.4, 0.5) is 0 Å². The van der Waals surface area contributed by atoms with E-state index < -0.39 is 0 Å². The summed E-state index contributed by atoms with van der Waals surface area (Å²) in [6.07, 6.45) is 3.80. The van der Waals surface area contributed by atoms with Crippen LogP contribution in [-0.2, 0) is 4.79 Å². The van der Waals surface area contributed by atoms with Crippen molar-refractivity contribution < 1.29 is 9.53 Å². The average Bonchev–Trinajstić information content (AvgIpc) is 2.62. The van der Waals surface area contributed by atoms with Crippen molar-refractivity contribution in [1.82, 2.24) is 9.88 Å². The number of amides is 1. The Bertz CT molecular complexity index is 674. The van der Waals surface area contributed by atoms with E-state index in [-0.39, 0.29) is 5.91 Å². The molecule has 1 aliphatic heterocycles. The summed E-state index contributed by atoms with van der Waals surface area (Å²) in [7, 11) is 1.67. The first kappa shape index (κ1) is 15.5. The van der Waals surface area contributed by atoms with Crippen molar-refractivity contribution in [2.75, 3.05) is 20.2 Å². The maximum absolute atomic E-state index is 11.5. The Morgan fingerprint density at radius 2 is 1.87 bits per heavy atom. The third kappa shape index (κ3) is 3.36. The van der Waals surface area contributed by atoms with Crippen molar-refractivity contribution in [3.05, 3.63) is 48.3 Å². The van der Waals surface area contributed by atoms with E-state index in [4.69, 9.17) is 4.74 Å². The number of hydrogen-bond donors (Lipinski definition) is 0. The minimum Gasteiger partial charge on any atom is -0.497 e. The number of ether oxygens (including phenoxy) is 1. The molecule has 0 bridgehead atoms. The lowest BCUT2D eigenvalue weighted by Gasteiger charge is -2.31. The highest BCUT2D eigenvalue weighted by atomic mass is 16.5. The molecule has 1 aromatic heterocycles. The third-order valence-corrected chi connectivity index (χ3v) is 4.57. The van der Waals surface area contributed by atoms with Crippen LogP contribution in [-0.4, -0.2) is 36.0 Å². The number of piperidine rings is 1. The Labute approximate surface area is 137 Å². The zero-order valence-corrected chi connectivity index (χ0v) is 13.7. The number of likely N-dealkylation sites (tertiary alicyclic amines) is 1. The highest BCUT2D eigenvalue weighted by Gasteiger charge is 2.24. The van der Waals surface area contributed by atoms with Crippen molar-refractivity contribution in [2.24, 2.45) is 0 Å². The standard InChI is InChI=1S/C19H22N2O2/c1-14(22)21-12-9-16(10-13-21)19-18(4-3-11-20-19)15-5-7-17(23-2)8-6-15/h3-8,11,16H,9-10,12-13H2,1-2H3. The number of benzene rings is 1. The van der Waals surface area contributed by atoms with E-state index >= 15 is 0 Å². The van der Waals surface area contributed by atoms with Crippen LogP contribution in [0, 0.1) is 0 Å². The molecule has 120 valence electrons. The highest BCUT2D eigenvalue weighted by molar-refractivity contribution is 5.73. The molecule has 1 fully saturated rings. The summed E-state index contributed by atoms with van der Waals surface area (Å²) in [6, 6.07) is 12.2. The molecule has 4 heteroatoms. The van der Waals surface area contributed by atoms with Crippen LogP contribution in [0.25, 0.3) is 11.1 Å². The minimum absolute atomic E-state index is 0.167. The molecule has 0 unspecified atom stereocenters. The number of rotatable bonds is 3. The van der Waals surface area contributed by atoms with Crippen molar-refractivity contribution >= 4 is 5.91 Å². The molecule has 1 aliphatic rings. The van der Waals surface area contributed by atoms with Crippen LogP contribution < -0.4 is 4.74 Å². The van der Waals surface area contributed by atoms with Gasteiger partial charge in [-0.25, -0.2) is 0 Å². The van der Waals surface area contributed by atoms with E-state index in [2.05, 4.69) is 23.2 Å². The summed E-state index contributed by atoms with van der Waals surface area (Å²) in [4.78, 5) is 18.1. The first-order valence-electron chi connectivity index (χ1n) is 8.04. The molecule has 23 heavy (non-hydrogen) atoms. The Kier molecular flexibility index (Phi) is 4.60. The van der Waals surface area contributed by atoms with Crippen LogP contribution in [0.1, 0.15) is 31.4 Å². The zero-order valence-electron chi connectivity index (χ0n) is 13.7. The minimum atomic E-state index is 0.167. The number of pyridine rings is 1. The lowest BCUT2D eigenvalue weighted by molar-refractivity contribution is -0.129. The van der Waals surface area contributed by atoms with E-state index in [0.717, 1.165) is 42.9 Å². The van der Waals surface area contributed by atoms with Crippen molar-refractivity contribution in [3.63, 3.8) is 0 Å². The van der Waals surface area contributed by atoms with Crippen LogP contribution >= 0.6 is 0 Å². The fourth-order valence-electron chi connectivity index (χ4n) is 3.23. The molecule has 0 N–H and O–H groups in total. The molecule has 4 nitrogen and oxygen atoms in total. The Balaban J connectivity index is 1.85. The molecular formula is C19H22N2O2. The molecule has 1 saturated heterocycles. The van der Waals surface area contributed by atoms with Crippen LogP contribution in [0.5, 0.6) is 5.75 Å². The molecule has 0 saturated carbocycles. The molecular weight excluding hydrogens is 288 g/mol. The fraction of sp³-hybridized carbons (Fsp3) is 0.368. The number of hydrogen-bond acceptors (Lipinski definition) is 3. The van der Waals surface area contributed by atoms with Gasteiger partial charge in [-0.05, 0) is 36.6 Å². The predicted octanol–water partition coefficient (Wildman–Crippen LogP) is 3.48. The van der Waals surface area contributed by atoms with Crippen molar-refractivity contribution in [3.8, 4) is 16.9 Å². The SMILES string of the molecule is COc1ccc(-c2cccnc2C2CCN(C(C)=O)CC2)cc1. The van der Waals surface area contributed by atoms with Gasteiger partial charge in [-0.15, -0.1) is 0 Å². The zero-order chi connectivity index (χ0) is 16.2.